The number of aromatic nitrogens is 3. The molecule has 1 aliphatic rings. The molecule has 31 heavy (non-hydrogen) atoms. The fraction of sp³-hybridized carbons (Fsp3) is 0.333. The predicted octanol–water partition coefficient (Wildman–Crippen LogP) is 3.88. The second kappa shape index (κ2) is 8.23. The minimum Gasteiger partial charge on any atom is -0.342 e. The lowest BCUT2D eigenvalue weighted by Crippen LogP contribution is -2.39. The van der Waals surface area contributed by atoms with Gasteiger partial charge in [0.2, 0.25) is 5.91 Å². The van der Waals surface area contributed by atoms with Gasteiger partial charge in [-0.3, -0.25) is 14.2 Å². The van der Waals surface area contributed by atoms with Gasteiger partial charge in [0.1, 0.15) is 5.82 Å². The largest absolute Gasteiger partial charge is 0.342 e. The summed E-state index contributed by atoms with van der Waals surface area (Å²) >= 11 is 1.74. The van der Waals surface area contributed by atoms with Crippen molar-refractivity contribution in [3.05, 3.63) is 69.7 Å². The van der Waals surface area contributed by atoms with E-state index in [1.165, 1.54) is 4.70 Å². The van der Waals surface area contributed by atoms with Gasteiger partial charge in [-0.25, -0.2) is 9.97 Å². The van der Waals surface area contributed by atoms with Crippen molar-refractivity contribution in [1.82, 2.24) is 19.4 Å². The number of carbonyl (C=O) groups is 1. The topological polar surface area (TPSA) is 68.1 Å². The normalized spacial score (nSPS) is 16.8. The Bertz CT molecular complexity index is 1290. The van der Waals surface area contributed by atoms with E-state index in [0.717, 1.165) is 29.9 Å². The van der Waals surface area contributed by atoms with Crippen LogP contribution in [0.2, 0.25) is 0 Å². The monoisotopic (exact) mass is 432 g/mol. The highest BCUT2D eigenvalue weighted by molar-refractivity contribution is 7.18. The van der Waals surface area contributed by atoms with Crippen molar-refractivity contribution in [1.29, 1.82) is 0 Å². The Kier molecular flexibility index (Phi) is 5.28. The Morgan fingerprint density at radius 2 is 1.87 bits per heavy atom. The molecule has 0 aliphatic carbocycles. The first-order valence-corrected chi connectivity index (χ1v) is 11.5. The summed E-state index contributed by atoms with van der Waals surface area (Å²) in [7, 11) is 1.73. The SMILES string of the molecule is Cn1c(CCC(=O)N2CCCC(c3nc4ccccc4s3)C2)nc2ccccc2c1=O. The highest BCUT2D eigenvalue weighted by atomic mass is 32.1. The van der Waals surface area contributed by atoms with Gasteiger partial charge < -0.3 is 4.90 Å². The zero-order valence-corrected chi connectivity index (χ0v) is 18.3. The number of hydrogen-bond donors (Lipinski definition) is 0. The van der Waals surface area contributed by atoms with Crippen LogP contribution in [0.1, 0.15) is 36.0 Å². The van der Waals surface area contributed by atoms with Gasteiger partial charge in [-0.2, -0.15) is 0 Å². The van der Waals surface area contributed by atoms with Gasteiger partial charge in [0, 0.05) is 38.9 Å². The molecule has 3 heterocycles. The summed E-state index contributed by atoms with van der Waals surface area (Å²) in [6.07, 6.45) is 2.85. The van der Waals surface area contributed by atoms with Crippen molar-refractivity contribution in [2.75, 3.05) is 13.1 Å². The van der Waals surface area contributed by atoms with Crippen LogP contribution in [-0.2, 0) is 18.3 Å². The van der Waals surface area contributed by atoms with Crippen molar-refractivity contribution in [2.24, 2.45) is 7.05 Å². The number of fused-ring (bicyclic) bond motifs is 2. The molecule has 7 heteroatoms. The smallest absolute Gasteiger partial charge is 0.261 e. The first-order chi connectivity index (χ1) is 15.1. The molecule has 6 nitrogen and oxygen atoms in total. The molecule has 1 aliphatic heterocycles. The van der Waals surface area contributed by atoms with E-state index in [9.17, 15) is 9.59 Å². The molecule has 5 rings (SSSR count). The van der Waals surface area contributed by atoms with Crippen LogP contribution in [0.4, 0.5) is 0 Å². The second-order valence-corrected chi connectivity index (χ2v) is 9.17. The van der Waals surface area contributed by atoms with Gasteiger partial charge in [-0.15, -0.1) is 11.3 Å². The standard InChI is InChI=1S/C24H24N4O2S/c1-27-21(25-18-9-3-2-8-17(18)24(27)30)12-13-22(29)28-14-6-7-16(15-28)23-26-19-10-4-5-11-20(19)31-23/h2-5,8-11,16H,6-7,12-15H2,1H3. The summed E-state index contributed by atoms with van der Waals surface area (Å²) < 4.78 is 2.76. The Labute approximate surface area is 184 Å². The average molecular weight is 433 g/mol. The maximum absolute atomic E-state index is 13.0. The Balaban J connectivity index is 1.29. The van der Waals surface area contributed by atoms with Crippen molar-refractivity contribution in [2.45, 2.75) is 31.6 Å². The van der Waals surface area contributed by atoms with E-state index in [-0.39, 0.29) is 11.5 Å². The molecule has 0 bridgehead atoms. The van der Waals surface area contributed by atoms with Crippen LogP contribution in [0, 0.1) is 0 Å². The fourth-order valence-electron chi connectivity index (χ4n) is 4.33. The van der Waals surface area contributed by atoms with Gasteiger partial charge in [0.15, 0.2) is 0 Å². The molecule has 1 saturated heterocycles. The maximum Gasteiger partial charge on any atom is 0.261 e. The van der Waals surface area contributed by atoms with Crippen LogP contribution < -0.4 is 5.56 Å². The number of para-hydroxylation sites is 2. The lowest BCUT2D eigenvalue weighted by Gasteiger charge is -2.32. The summed E-state index contributed by atoms with van der Waals surface area (Å²) in [4.78, 5) is 37.0. The molecule has 0 radical (unpaired) electrons. The molecule has 4 aromatic rings. The van der Waals surface area contributed by atoms with Gasteiger partial charge >= 0.3 is 0 Å². The van der Waals surface area contributed by atoms with Crippen molar-refractivity contribution in [3.63, 3.8) is 0 Å². The number of piperidine rings is 1. The van der Waals surface area contributed by atoms with Crippen LogP contribution in [0.3, 0.4) is 0 Å². The van der Waals surface area contributed by atoms with Gasteiger partial charge in [0.25, 0.3) is 5.56 Å². The van der Waals surface area contributed by atoms with Crippen LogP contribution in [0.5, 0.6) is 0 Å². The Morgan fingerprint density at radius 1 is 1.10 bits per heavy atom. The number of benzene rings is 2. The molecular weight excluding hydrogens is 408 g/mol. The zero-order valence-electron chi connectivity index (χ0n) is 17.5. The fourth-order valence-corrected chi connectivity index (χ4v) is 5.43. The van der Waals surface area contributed by atoms with Crippen molar-refractivity contribution < 1.29 is 4.79 Å². The quantitative estimate of drug-likeness (QED) is 0.491. The number of carbonyl (C=O) groups excluding carboxylic acids is 1. The maximum atomic E-state index is 13.0. The highest BCUT2D eigenvalue weighted by Gasteiger charge is 2.27. The number of hydrogen-bond acceptors (Lipinski definition) is 5. The number of nitrogens with zero attached hydrogens (tertiary/aromatic N) is 4. The highest BCUT2D eigenvalue weighted by Crippen LogP contribution is 2.33. The molecule has 0 spiro atoms. The molecule has 1 fully saturated rings. The Morgan fingerprint density at radius 3 is 2.71 bits per heavy atom. The van der Waals surface area contributed by atoms with E-state index in [4.69, 9.17) is 4.98 Å². The first kappa shape index (κ1) is 19.9. The summed E-state index contributed by atoms with van der Waals surface area (Å²) in [6.45, 7) is 1.49. The lowest BCUT2D eigenvalue weighted by atomic mass is 9.98. The molecule has 0 N–H and O–H groups in total. The molecule has 0 saturated carbocycles. The van der Waals surface area contributed by atoms with Gasteiger partial charge in [-0.05, 0) is 37.1 Å². The van der Waals surface area contributed by atoms with Crippen LogP contribution in [0.15, 0.2) is 53.3 Å². The van der Waals surface area contributed by atoms with Crippen molar-refractivity contribution in [3.8, 4) is 0 Å². The van der Waals surface area contributed by atoms with Crippen LogP contribution >= 0.6 is 11.3 Å². The summed E-state index contributed by atoms with van der Waals surface area (Å²) in [6, 6.07) is 15.5. The predicted molar refractivity (Wildman–Crippen MR) is 123 cm³/mol. The third-order valence-electron chi connectivity index (χ3n) is 6.07. The van der Waals surface area contributed by atoms with Crippen molar-refractivity contribution >= 4 is 38.4 Å². The van der Waals surface area contributed by atoms with E-state index in [2.05, 4.69) is 11.1 Å². The van der Waals surface area contributed by atoms with Gasteiger partial charge in [-0.1, -0.05) is 24.3 Å². The second-order valence-electron chi connectivity index (χ2n) is 8.11. The van der Waals surface area contributed by atoms with Gasteiger partial charge in [0.05, 0.1) is 26.1 Å². The molecule has 1 unspecified atom stereocenters. The number of thiazole rings is 1. The minimum absolute atomic E-state index is 0.0677. The minimum atomic E-state index is -0.0677. The van der Waals surface area contributed by atoms with E-state index in [0.29, 0.717) is 42.0 Å². The molecular formula is C24H24N4O2S. The number of rotatable bonds is 4. The van der Waals surface area contributed by atoms with E-state index < -0.39 is 0 Å². The Hall–Kier alpha value is -3.06. The van der Waals surface area contributed by atoms with E-state index in [1.807, 2.05) is 41.3 Å². The molecule has 1 atom stereocenters. The zero-order chi connectivity index (χ0) is 21.4. The molecule has 2 aromatic heterocycles. The average Bonchev–Trinajstić information content (AvgIpc) is 3.25. The molecule has 1 amide bonds. The number of aryl methyl sites for hydroxylation is 1. The van der Waals surface area contributed by atoms with Crippen LogP contribution in [-0.4, -0.2) is 38.4 Å². The number of amides is 1. The summed E-state index contributed by atoms with van der Waals surface area (Å²) in [5.41, 5.74) is 1.65. The van der Waals surface area contributed by atoms with Crippen LogP contribution in [0.25, 0.3) is 21.1 Å². The van der Waals surface area contributed by atoms with E-state index in [1.54, 1.807) is 29.0 Å². The first-order valence-electron chi connectivity index (χ1n) is 10.7. The molecule has 2 aromatic carbocycles. The summed E-state index contributed by atoms with van der Waals surface area (Å²) in [5, 5.41) is 1.73. The lowest BCUT2D eigenvalue weighted by molar-refractivity contribution is -0.132. The summed E-state index contributed by atoms with van der Waals surface area (Å²) in [5.74, 6) is 1.06. The third kappa shape index (κ3) is 3.85. The number of likely N-dealkylation sites (tertiary alicyclic amines) is 1. The third-order valence-corrected chi connectivity index (χ3v) is 7.27. The van der Waals surface area contributed by atoms with E-state index >= 15 is 0 Å². The molecule has 158 valence electrons.